The minimum atomic E-state index is -4.23. The summed E-state index contributed by atoms with van der Waals surface area (Å²) in [7, 11) is -2.67. The standard InChI is InChI=1S/C35H46ClN5O9S/c1-9-21-18-35(21,30(44)40-51(46,47)34(36)13-14-34)39-27(42)25-17-23(49-28-24-11-10-22(48-8)16-20(24)12-15-37-28)19-41(25)29(43)26(32(2,3)4)38-31(45)50-33(5,6)7/h9-12,15-16,21,23,25-26H,1,13-14,17-19H2,2-8H3,(H,38,45)(H,39,42)(H,40,44)/t21-,23-,25+,26-,35-/m1/s1. The van der Waals surface area contributed by atoms with Crippen molar-refractivity contribution in [2.75, 3.05) is 13.7 Å². The summed E-state index contributed by atoms with van der Waals surface area (Å²) < 4.78 is 43.3. The predicted octanol–water partition coefficient (Wildman–Crippen LogP) is 3.77. The Labute approximate surface area is 303 Å². The number of carbonyl (C=O) groups excluding carboxylic acids is 4. The summed E-state index contributed by atoms with van der Waals surface area (Å²) in [5, 5.41) is 6.91. The molecule has 0 radical (unpaired) electrons. The van der Waals surface area contributed by atoms with Gasteiger partial charge in [-0.1, -0.05) is 38.4 Å². The second-order valence-electron chi connectivity index (χ2n) is 15.5. The molecule has 2 aliphatic carbocycles. The second kappa shape index (κ2) is 13.5. The minimum Gasteiger partial charge on any atom is -0.497 e. The highest BCUT2D eigenvalue weighted by atomic mass is 35.5. The van der Waals surface area contributed by atoms with Crippen LogP contribution >= 0.6 is 11.6 Å². The van der Waals surface area contributed by atoms with Crippen LogP contribution in [0.4, 0.5) is 4.79 Å². The Hall–Kier alpha value is -4.11. The summed E-state index contributed by atoms with van der Waals surface area (Å²) in [4.78, 5) is 60.8. The van der Waals surface area contributed by atoms with Gasteiger partial charge in [0.05, 0.1) is 13.7 Å². The van der Waals surface area contributed by atoms with E-state index in [-0.39, 0.29) is 38.1 Å². The fraction of sp³-hybridized carbons (Fsp3) is 0.571. The molecular weight excluding hydrogens is 702 g/mol. The Bertz CT molecular complexity index is 1850. The monoisotopic (exact) mass is 747 g/mol. The summed E-state index contributed by atoms with van der Waals surface area (Å²) >= 11 is 6.14. The third-order valence-electron chi connectivity index (χ3n) is 9.24. The molecule has 0 bridgehead atoms. The average Bonchev–Trinajstić information content (AvgIpc) is 3.92. The summed E-state index contributed by atoms with van der Waals surface area (Å²) in [6.45, 7) is 14.1. The van der Waals surface area contributed by atoms with Crippen LogP contribution in [0.15, 0.2) is 43.1 Å². The van der Waals surface area contributed by atoms with Crippen molar-refractivity contribution in [3.8, 4) is 11.6 Å². The van der Waals surface area contributed by atoms with Gasteiger partial charge in [-0.05, 0) is 75.1 Å². The van der Waals surface area contributed by atoms with E-state index in [1.807, 2.05) is 6.07 Å². The molecule has 1 aromatic heterocycles. The van der Waals surface area contributed by atoms with Gasteiger partial charge in [-0.15, -0.1) is 6.58 Å². The maximum absolute atomic E-state index is 14.4. The van der Waals surface area contributed by atoms with Crippen LogP contribution < -0.4 is 24.8 Å². The normalized spacial score (nSPS) is 24.5. The number of hydrogen-bond donors (Lipinski definition) is 3. The molecule has 5 rings (SSSR count). The molecule has 51 heavy (non-hydrogen) atoms. The SMILES string of the molecule is C=C[C@@H]1C[C@]1(NC(=O)[C@@H]1C[C@@H](Oc2nccc3cc(OC)ccc23)CN1C(=O)[C@@H](NC(=O)OC(C)(C)C)C(C)(C)C)C(=O)NS(=O)(=O)C1(Cl)CC1. The number of halogens is 1. The number of sulfonamides is 1. The quantitative estimate of drug-likeness (QED) is 0.226. The smallest absolute Gasteiger partial charge is 0.408 e. The van der Waals surface area contributed by atoms with E-state index in [9.17, 15) is 27.6 Å². The Morgan fingerprint density at radius 2 is 1.80 bits per heavy atom. The molecular formula is C35H46ClN5O9S. The lowest BCUT2D eigenvalue weighted by Crippen LogP contribution is -2.60. The number of fused-ring (bicyclic) bond motifs is 1. The highest BCUT2D eigenvalue weighted by molar-refractivity contribution is 7.93. The predicted molar refractivity (Wildman–Crippen MR) is 189 cm³/mol. The third kappa shape index (κ3) is 8.03. The van der Waals surface area contributed by atoms with Crippen LogP contribution in [0.25, 0.3) is 10.8 Å². The third-order valence-corrected chi connectivity index (χ3v) is 12.1. The van der Waals surface area contributed by atoms with Crippen LogP contribution in [-0.2, 0) is 29.1 Å². The van der Waals surface area contributed by atoms with Gasteiger partial charge in [0.25, 0.3) is 15.9 Å². The highest BCUT2D eigenvalue weighted by Gasteiger charge is 2.63. The van der Waals surface area contributed by atoms with Crippen molar-refractivity contribution in [3.05, 3.63) is 43.1 Å². The van der Waals surface area contributed by atoms with Crippen LogP contribution in [-0.4, -0.2) is 89.3 Å². The van der Waals surface area contributed by atoms with Crippen molar-refractivity contribution < 1.29 is 41.8 Å². The van der Waals surface area contributed by atoms with Crippen molar-refractivity contribution in [2.45, 2.75) is 101 Å². The van der Waals surface area contributed by atoms with Crippen LogP contribution in [0.1, 0.15) is 67.2 Å². The number of ether oxygens (including phenoxy) is 3. The first-order chi connectivity index (χ1) is 23.6. The maximum atomic E-state index is 14.4. The van der Waals surface area contributed by atoms with E-state index in [1.165, 1.54) is 11.0 Å². The number of carbonyl (C=O) groups is 4. The van der Waals surface area contributed by atoms with E-state index in [4.69, 9.17) is 25.8 Å². The minimum absolute atomic E-state index is 0.00532. The van der Waals surface area contributed by atoms with Crippen LogP contribution in [0.3, 0.4) is 0 Å². The summed E-state index contributed by atoms with van der Waals surface area (Å²) in [6, 6.07) is 4.87. The zero-order valence-electron chi connectivity index (χ0n) is 29.9. The summed E-state index contributed by atoms with van der Waals surface area (Å²) in [5.41, 5.74) is -3.29. The lowest BCUT2D eigenvalue weighted by Gasteiger charge is -2.36. The number of alkyl carbamates (subject to hydrolysis) is 1. The zero-order valence-corrected chi connectivity index (χ0v) is 31.4. The molecule has 2 saturated carbocycles. The summed E-state index contributed by atoms with van der Waals surface area (Å²) in [5.74, 6) is -1.89. The number of aromatic nitrogens is 1. The molecule has 2 aromatic rings. The van der Waals surface area contributed by atoms with Gasteiger partial charge in [0.1, 0.15) is 35.1 Å². The number of alkyl halides is 1. The van der Waals surface area contributed by atoms with Crippen molar-refractivity contribution in [2.24, 2.45) is 11.3 Å². The fourth-order valence-electron chi connectivity index (χ4n) is 6.13. The van der Waals surface area contributed by atoms with Crippen molar-refractivity contribution >= 4 is 56.2 Å². The number of likely N-dealkylation sites (tertiary alicyclic amines) is 1. The molecule has 0 spiro atoms. The second-order valence-corrected chi connectivity index (χ2v) is 18.4. The molecule has 14 nitrogen and oxygen atoms in total. The Balaban J connectivity index is 1.45. The summed E-state index contributed by atoms with van der Waals surface area (Å²) in [6.07, 6.45) is 1.95. The van der Waals surface area contributed by atoms with Gasteiger partial charge < -0.3 is 29.7 Å². The van der Waals surface area contributed by atoms with Gasteiger partial charge in [-0.3, -0.25) is 14.4 Å². The number of benzene rings is 1. The lowest BCUT2D eigenvalue weighted by molar-refractivity contribution is -0.143. The Kier molecular flexibility index (Phi) is 10.1. The van der Waals surface area contributed by atoms with Gasteiger partial charge in [-0.2, -0.15) is 0 Å². The number of pyridine rings is 1. The molecule has 4 amide bonds. The highest BCUT2D eigenvalue weighted by Crippen LogP contribution is 2.49. The largest absolute Gasteiger partial charge is 0.497 e. The first kappa shape index (κ1) is 38.1. The molecule has 3 N–H and O–H groups in total. The van der Waals surface area contributed by atoms with Crippen molar-refractivity contribution in [1.29, 1.82) is 0 Å². The molecule has 1 aliphatic heterocycles. The van der Waals surface area contributed by atoms with Crippen molar-refractivity contribution in [1.82, 2.24) is 25.2 Å². The number of nitrogens with one attached hydrogen (secondary N) is 3. The van der Waals surface area contributed by atoms with E-state index in [2.05, 4.69) is 26.9 Å². The van der Waals surface area contributed by atoms with E-state index in [0.717, 1.165) is 5.39 Å². The number of nitrogens with zero attached hydrogens (tertiary/aromatic N) is 2. The van der Waals surface area contributed by atoms with Crippen LogP contribution in [0.5, 0.6) is 11.6 Å². The molecule has 0 unspecified atom stereocenters. The van der Waals surface area contributed by atoms with E-state index < -0.39 is 78.7 Å². The molecule has 2 heterocycles. The molecule has 278 valence electrons. The van der Waals surface area contributed by atoms with Gasteiger partial charge >= 0.3 is 6.09 Å². The number of methoxy groups -OCH3 is 1. The van der Waals surface area contributed by atoms with E-state index >= 15 is 0 Å². The van der Waals surface area contributed by atoms with Gasteiger partial charge in [0.2, 0.25) is 17.7 Å². The average molecular weight is 748 g/mol. The van der Waals surface area contributed by atoms with Crippen molar-refractivity contribution in [3.63, 3.8) is 0 Å². The number of hydrogen-bond acceptors (Lipinski definition) is 10. The topological polar surface area (TPSA) is 182 Å². The molecule has 1 aromatic carbocycles. The maximum Gasteiger partial charge on any atom is 0.408 e. The molecule has 5 atom stereocenters. The Morgan fingerprint density at radius 3 is 2.37 bits per heavy atom. The lowest BCUT2D eigenvalue weighted by atomic mass is 9.85. The van der Waals surface area contributed by atoms with E-state index in [1.54, 1.807) is 73.0 Å². The fourth-order valence-corrected chi connectivity index (χ4v) is 7.59. The van der Waals surface area contributed by atoms with Crippen LogP contribution in [0.2, 0.25) is 0 Å². The Morgan fingerprint density at radius 1 is 1.12 bits per heavy atom. The molecule has 16 heteroatoms. The zero-order chi connectivity index (χ0) is 37.7. The van der Waals surface area contributed by atoms with Crippen LogP contribution in [0, 0.1) is 11.3 Å². The first-order valence-corrected chi connectivity index (χ1v) is 18.6. The van der Waals surface area contributed by atoms with Gasteiger partial charge in [0.15, 0.2) is 4.21 Å². The number of rotatable bonds is 11. The van der Waals surface area contributed by atoms with Gasteiger partial charge in [-0.25, -0.2) is 22.9 Å². The number of amides is 4. The molecule has 3 aliphatic rings. The molecule has 3 fully saturated rings. The van der Waals surface area contributed by atoms with E-state index in [0.29, 0.717) is 11.1 Å². The molecule has 1 saturated heterocycles. The first-order valence-electron chi connectivity index (χ1n) is 16.7. The van der Waals surface area contributed by atoms with Gasteiger partial charge in [0, 0.05) is 23.9 Å².